The molecule has 27 heavy (non-hydrogen) atoms. The first kappa shape index (κ1) is 20.4. The van der Waals surface area contributed by atoms with Crippen molar-refractivity contribution in [3.8, 4) is 0 Å². The maximum absolute atomic E-state index is 12.0. The number of carbonyl (C=O) groups is 1. The standard InChI is InChI=1S/C21H29N5O/c1-5-22-21(25-14-18-8-6-15(2)12-17(18)4)23-11-10-20(27)26-19-9-7-16(3)13-24-19/h6-9,12-13H,5,10-11,14H2,1-4H3,(H2,22,23,25)(H,24,26,27). The van der Waals surface area contributed by atoms with Crippen LogP contribution in [-0.2, 0) is 11.3 Å². The lowest BCUT2D eigenvalue weighted by Crippen LogP contribution is -2.38. The molecule has 0 bridgehead atoms. The van der Waals surface area contributed by atoms with Gasteiger partial charge in [0.05, 0.1) is 6.54 Å². The molecule has 1 aromatic carbocycles. The fourth-order valence-electron chi connectivity index (χ4n) is 2.57. The van der Waals surface area contributed by atoms with Gasteiger partial charge in [0.25, 0.3) is 0 Å². The molecular formula is C21H29N5O. The minimum Gasteiger partial charge on any atom is -0.357 e. The Morgan fingerprint density at radius 3 is 2.52 bits per heavy atom. The van der Waals surface area contributed by atoms with Crippen LogP contribution in [0.2, 0.25) is 0 Å². The summed E-state index contributed by atoms with van der Waals surface area (Å²) in [6.07, 6.45) is 2.07. The molecule has 0 saturated heterocycles. The lowest BCUT2D eigenvalue weighted by Gasteiger charge is -2.12. The molecular weight excluding hydrogens is 338 g/mol. The molecule has 0 aliphatic carbocycles. The van der Waals surface area contributed by atoms with Gasteiger partial charge >= 0.3 is 0 Å². The Labute approximate surface area is 161 Å². The van der Waals surface area contributed by atoms with Crippen LogP contribution in [0.3, 0.4) is 0 Å². The fourth-order valence-corrected chi connectivity index (χ4v) is 2.57. The average Bonchev–Trinajstić information content (AvgIpc) is 2.63. The van der Waals surface area contributed by atoms with Crippen molar-refractivity contribution >= 4 is 17.7 Å². The first-order chi connectivity index (χ1) is 13.0. The minimum absolute atomic E-state index is 0.0796. The number of rotatable bonds is 7. The van der Waals surface area contributed by atoms with E-state index >= 15 is 0 Å². The van der Waals surface area contributed by atoms with Crippen molar-refractivity contribution in [2.24, 2.45) is 4.99 Å². The van der Waals surface area contributed by atoms with Crippen LogP contribution in [-0.4, -0.2) is 29.9 Å². The number of aryl methyl sites for hydroxylation is 3. The van der Waals surface area contributed by atoms with Gasteiger partial charge in [-0.05, 0) is 50.5 Å². The van der Waals surface area contributed by atoms with Crippen LogP contribution in [0.4, 0.5) is 5.82 Å². The highest BCUT2D eigenvalue weighted by molar-refractivity contribution is 5.90. The second-order valence-electron chi connectivity index (χ2n) is 6.57. The van der Waals surface area contributed by atoms with E-state index in [1.807, 2.05) is 19.9 Å². The van der Waals surface area contributed by atoms with E-state index in [2.05, 4.69) is 58.0 Å². The fraction of sp³-hybridized carbons (Fsp3) is 0.381. The third kappa shape index (κ3) is 7.09. The largest absolute Gasteiger partial charge is 0.357 e. The van der Waals surface area contributed by atoms with Crippen molar-refractivity contribution in [2.45, 2.75) is 40.7 Å². The monoisotopic (exact) mass is 367 g/mol. The second-order valence-corrected chi connectivity index (χ2v) is 6.57. The summed E-state index contributed by atoms with van der Waals surface area (Å²) in [5.41, 5.74) is 4.74. The number of aromatic nitrogens is 1. The molecule has 6 heteroatoms. The van der Waals surface area contributed by atoms with E-state index in [-0.39, 0.29) is 5.91 Å². The molecule has 0 spiro atoms. The number of carbonyl (C=O) groups excluding carboxylic acids is 1. The summed E-state index contributed by atoms with van der Waals surface area (Å²) in [5.74, 6) is 1.20. The van der Waals surface area contributed by atoms with Crippen molar-refractivity contribution in [3.05, 3.63) is 58.8 Å². The molecule has 0 fully saturated rings. The van der Waals surface area contributed by atoms with E-state index in [0.717, 1.165) is 12.1 Å². The molecule has 2 rings (SSSR count). The lowest BCUT2D eigenvalue weighted by atomic mass is 10.1. The highest BCUT2D eigenvalue weighted by Crippen LogP contribution is 2.11. The molecule has 0 unspecified atom stereocenters. The highest BCUT2D eigenvalue weighted by Gasteiger charge is 2.05. The van der Waals surface area contributed by atoms with Gasteiger partial charge in [-0.25, -0.2) is 9.98 Å². The zero-order chi connectivity index (χ0) is 19.6. The third-order valence-corrected chi connectivity index (χ3v) is 4.07. The molecule has 1 aromatic heterocycles. The van der Waals surface area contributed by atoms with Gasteiger partial charge in [-0.2, -0.15) is 0 Å². The van der Waals surface area contributed by atoms with Crippen LogP contribution in [0, 0.1) is 20.8 Å². The van der Waals surface area contributed by atoms with E-state index in [0.29, 0.717) is 31.3 Å². The predicted octanol–water partition coefficient (Wildman–Crippen LogP) is 3.09. The van der Waals surface area contributed by atoms with Crippen molar-refractivity contribution < 1.29 is 4.79 Å². The van der Waals surface area contributed by atoms with E-state index in [1.54, 1.807) is 12.3 Å². The number of benzene rings is 1. The summed E-state index contributed by atoms with van der Waals surface area (Å²) < 4.78 is 0. The summed E-state index contributed by atoms with van der Waals surface area (Å²) in [4.78, 5) is 20.8. The van der Waals surface area contributed by atoms with Crippen LogP contribution in [0.25, 0.3) is 0 Å². The molecule has 3 N–H and O–H groups in total. The summed E-state index contributed by atoms with van der Waals surface area (Å²) in [6.45, 7) is 10.0. The zero-order valence-corrected chi connectivity index (χ0v) is 16.6. The minimum atomic E-state index is -0.0796. The first-order valence-electron chi connectivity index (χ1n) is 9.28. The first-order valence-corrected chi connectivity index (χ1v) is 9.28. The number of hydrogen-bond acceptors (Lipinski definition) is 3. The second kappa shape index (κ2) is 10.3. The summed E-state index contributed by atoms with van der Waals surface area (Å²) in [5, 5.41) is 9.21. The molecule has 1 amide bonds. The number of nitrogens with zero attached hydrogens (tertiary/aromatic N) is 2. The van der Waals surface area contributed by atoms with Gasteiger partial charge in [-0.3, -0.25) is 4.79 Å². The van der Waals surface area contributed by atoms with Crippen LogP contribution in [0.1, 0.15) is 35.6 Å². The highest BCUT2D eigenvalue weighted by atomic mass is 16.1. The maximum Gasteiger partial charge on any atom is 0.227 e. The van der Waals surface area contributed by atoms with Crippen molar-refractivity contribution in [2.75, 3.05) is 18.4 Å². The Morgan fingerprint density at radius 2 is 1.85 bits per heavy atom. The van der Waals surface area contributed by atoms with Gasteiger partial charge in [0.15, 0.2) is 5.96 Å². The van der Waals surface area contributed by atoms with Gasteiger partial charge in [0.1, 0.15) is 5.82 Å². The predicted molar refractivity (Wildman–Crippen MR) is 111 cm³/mol. The molecule has 0 atom stereocenters. The quantitative estimate of drug-likeness (QED) is 0.519. The summed E-state index contributed by atoms with van der Waals surface area (Å²) >= 11 is 0. The number of guanidine groups is 1. The van der Waals surface area contributed by atoms with E-state index < -0.39 is 0 Å². The summed E-state index contributed by atoms with van der Waals surface area (Å²) in [6, 6.07) is 10.1. The normalized spacial score (nSPS) is 11.2. The van der Waals surface area contributed by atoms with Gasteiger partial charge < -0.3 is 16.0 Å². The molecule has 144 valence electrons. The number of amides is 1. The Bertz CT molecular complexity index is 784. The molecule has 0 saturated carbocycles. The van der Waals surface area contributed by atoms with E-state index in [9.17, 15) is 4.79 Å². The Morgan fingerprint density at radius 1 is 1.07 bits per heavy atom. The van der Waals surface area contributed by atoms with E-state index in [1.165, 1.54) is 16.7 Å². The number of anilines is 1. The molecule has 0 aliphatic rings. The van der Waals surface area contributed by atoms with Gasteiger partial charge in [-0.1, -0.05) is 29.8 Å². The van der Waals surface area contributed by atoms with Crippen molar-refractivity contribution in [3.63, 3.8) is 0 Å². The van der Waals surface area contributed by atoms with Crippen LogP contribution >= 0.6 is 0 Å². The third-order valence-electron chi connectivity index (χ3n) is 4.07. The lowest BCUT2D eigenvalue weighted by molar-refractivity contribution is -0.116. The molecule has 6 nitrogen and oxygen atoms in total. The van der Waals surface area contributed by atoms with Crippen LogP contribution < -0.4 is 16.0 Å². The SMILES string of the molecule is CCNC(=NCc1ccc(C)cc1C)NCCC(=O)Nc1ccc(C)cn1. The number of nitrogens with one attached hydrogen (secondary N) is 3. The zero-order valence-electron chi connectivity index (χ0n) is 16.6. The van der Waals surface area contributed by atoms with E-state index in [4.69, 9.17) is 0 Å². The number of hydrogen-bond donors (Lipinski definition) is 3. The molecule has 2 aromatic rings. The topological polar surface area (TPSA) is 78.4 Å². The summed E-state index contributed by atoms with van der Waals surface area (Å²) in [7, 11) is 0. The molecule has 1 heterocycles. The Kier molecular flexibility index (Phi) is 7.79. The number of aliphatic imine (C=N–C) groups is 1. The Hall–Kier alpha value is -2.89. The average molecular weight is 367 g/mol. The maximum atomic E-state index is 12.0. The van der Waals surface area contributed by atoms with Gasteiger partial charge in [-0.15, -0.1) is 0 Å². The number of pyridine rings is 1. The molecule has 0 radical (unpaired) electrons. The van der Waals surface area contributed by atoms with Crippen molar-refractivity contribution in [1.82, 2.24) is 15.6 Å². The van der Waals surface area contributed by atoms with Gasteiger partial charge in [0.2, 0.25) is 5.91 Å². The van der Waals surface area contributed by atoms with Crippen LogP contribution in [0.15, 0.2) is 41.5 Å². The van der Waals surface area contributed by atoms with Crippen molar-refractivity contribution in [1.29, 1.82) is 0 Å². The molecule has 0 aliphatic heterocycles. The smallest absolute Gasteiger partial charge is 0.227 e. The van der Waals surface area contributed by atoms with Gasteiger partial charge in [0, 0.05) is 25.7 Å². The van der Waals surface area contributed by atoms with Crippen LogP contribution in [0.5, 0.6) is 0 Å². The Balaban J connectivity index is 1.84.